The van der Waals surface area contributed by atoms with Crippen LogP contribution in [0.15, 0.2) is 48.5 Å². The Hall–Kier alpha value is -3.69. The summed E-state index contributed by atoms with van der Waals surface area (Å²) in [5.74, 6) is -2.52. The third-order valence-corrected chi connectivity index (χ3v) is 4.08. The minimum atomic E-state index is -4.52. The van der Waals surface area contributed by atoms with Gasteiger partial charge in [0.25, 0.3) is 11.8 Å². The summed E-state index contributed by atoms with van der Waals surface area (Å²) in [6, 6.07) is 9.66. The fourth-order valence-electron chi connectivity index (χ4n) is 2.42. The molecule has 0 aliphatic carbocycles. The predicted molar refractivity (Wildman–Crippen MR) is 104 cm³/mol. The maximum Gasteiger partial charge on any atom is 0.416 e. The number of Topliss-reactive ketones (excluding diaryl/α,β-unsaturated/α-hetero) is 1. The van der Waals surface area contributed by atoms with Crippen LogP contribution in [-0.4, -0.2) is 36.2 Å². The number of alkyl halides is 3. The molecule has 0 heterocycles. The van der Waals surface area contributed by atoms with Gasteiger partial charge in [0.1, 0.15) is 6.54 Å². The van der Waals surface area contributed by atoms with Crippen LogP contribution in [0.1, 0.15) is 40.1 Å². The molecule has 164 valence electrons. The second kappa shape index (κ2) is 9.88. The topological polar surface area (TPSA) is 102 Å². The molecule has 0 spiro atoms. The van der Waals surface area contributed by atoms with Crippen LogP contribution in [0.5, 0.6) is 0 Å². The van der Waals surface area contributed by atoms with Gasteiger partial charge >= 0.3 is 12.1 Å². The first kappa shape index (κ1) is 23.6. The van der Waals surface area contributed by atoms with E-state index in [0.29, 0.717) is 11.3 Å². The number of hydrogen-bond acceptors (Lipinski definition) is 5. The summed E-state index contributed by atoms with van der Waals surface area (Å²) in [4.78, 5) is 47.4. The molecule has 2 amide bonds. The molecule has 0 aliphatic heterocycles. The highest BCUT2D eigenvalue weighted by atomic mass is 19.4. The number of carbonyl (C=O) groups excluding carboxylic acids is 4. The van der Waals surface area contributed by atoms with Crippen molar-refractivity contribution in [2.24, 2.45) is 0 Å². The number of nitrogens with one attached hydrogen (secondary N) is 2. The van der Waals surface area contributed by atoms with Gasteiger partial charge in [-0.25, -0.2) is 0 Å². The second-order valence-electron chi connectivity index (χ2n) is 6.52. The largest absolute Gasteiger partial charge is 0.451 e. The summed E-state index contributed by atoms with van der Waals surface area (Å²) in [6.45, 7) is 2.11. The average Bonchev–Trinajstić information content (AvgIpc) is 2.71. The first-order valence-corrected chi connectivity index (χ1v) is 9.04. The van der Waals surface area contributed by atoms with Crippen molar-refractivity contribution in [1.29, 1.82) is 0 Å². The minimum absolute atomic E-state index is 0.0723. The van der Waals surface area contributed by atoms with Crippen LogP contribution in [0.2, 0.25) is 0 Å². The summed E-state index contributed by atoms with van der Waals surface area (Å²) in [5.41, 5.74) is -0.237. The Balaban J connectivity index is 1.84. The van der Waals surface area contributed by atoms with E-state index in [-0.39, 0.29) is 11.3 Å². The summed E-state index contributed by atoms with van der Waals surface area (Å²) in [6.07, 6.45) is -5.72. The number of ether oxygens (including phenoxy) is 1. The second-order valence-corrected chi connectivity index (χ2v) is 6.52. The van der Waals surface area contributed by atoms with Gasteiger partial charge in [0.05, 0.1) is 5.56 Å². The number of hydrogen-bond donors (Lipinski definition) is 2. The van der Waals surface area contributed by atoms with E-state index < -0.39 is 42.2 Å². The number of esters is 1. The standard InChI is InChI=1S/C21H19F3N2O5/c1-12(27)15-4-3-5-17(10-15)26-19(29)13(2)31-18(28)11-25-20(30)14-6-8-16(9-7-14)21(22,23)24/h3-10,13H,11H2,1-2H3,(H,25,30)(H,26,29). The van der Waals surface area contributed by atoms with Gasteiger partial charge in [0.15, 0.2) is 11.9 Å². The zero-order valence-corrected chi connectivity index (χ0v) is 16.6. The zero-order valence-electron chi connectivity index (χ0n) is 16.6. The molecular formula is C21H19F3N2O5. The lowest BCUT2D eigenvalue weighted by molar-refractivity contribution is -0.152. The Labute approximate surface area is 175 Å². The van der Waals surface area contributed by atoms with Crippen LogP contribution in [0.3, 0.4) is 0 Å². The van der Waals surface area contributed by atoms with Crippen LogP contribution >= 0.6 is 0 Å². The third-order valence-electron chi connectivity index (χ3n) is 4.08. The van der Waals surface area contributed by atoms with E-state index in [9.17, 15) is 32.3 Å². The first-order chi connectivity index (χ1) is 14.5. The number of amides is 2. The van der Waals surface area contributed by atoms with Crippen molar-refractivity contribution in [1.82, 2.24) is 5.32 Å². The minimum Gasteiger partial charge on any atom is -0.451 e. The molecule has 2 aromatic carbocycles. The smallest absolute Gasteiger partial charge is 0.416 e. The molecule has 10 heteroatoms. The van der Waals surface area contributed by atoms with E-state index in [4.69, 9.17) is 4.74 Å². The van der Waals surface area contributed by atoms with Gasteiger partial charge in [-0.05, 0) is 50.2 Å². The van der Waals surface area contributed by atoms with Crippen molar-refractivity contribution >= 4 is 29.3 Å². The molecule has 0 saturated carbocycles. The SMILES string of the molecule is CC(=O)c1cccc(NC(=O)C(C)OC(=O)CNC(=O)c2ccc(C(F)(F)F)cc2)c1. The monoisotopic (exact) mass is 436 g/mol. The first-order valence-electron chi connectivity index (χ1n) is 9.04. The highest BCUT2D eigenvalue weighted by molar-refractivity contribution is 5.99. The van der Waals surface area contributed by atoms with Crippen LogP contribution in [-0.2, 0) is 20.5 Å². The lowest BCUT2D eigenvalue weighted by Crippen LogP contribution is -2.35. The van der Waals surface area contributed by atoms with Crippen LogP contribution < -0.4 is 10.6 Å². The highest BCUT2D eigenvalue weighted by Crippen LogP contribution is 2.29. The molecule has 0 bridgehead atoms. The fraction of sp³-hybridized carbons (Fsp3) is 0.238. The van der Waals surface area contributed by atoms with Gasteiger partial charge < -0.3 is 15.4 Å². The van der Waals surface area contributed by atoms with Gasteiger partial charge in [-0.15, -0.1) is 0 Å². The lowest BCUT2D eigenvalue weighted by Gasteiger charge is -2.14. The molecule has 0 aliphatic rings. The van der Waals surface area contributed by atoms with Crippen molar-refractivity contribution in [2.45, 2.75) is 26.1 Å². The molecule has 2 N–H and O–H groups in total. The molecule has 0 radical (unpaired) electrons. The Kier molecular flexibility index (Phi) is 7.51. The van der Waals surface area contributed by atoms with Crippen molar-refractivity contribution in [2.75, 3.05) is 11.9 Å². The summed E-state index contributed by atoms with van der Waals surface area (Å²) >= 11 is 0. The van der Waals surface area contributed by atoms with E-state index in [0.717, 1.165) is 24.3 Å². The number of ketones is 1. The fourth-order valence-corrected chi connectivity index (χ4v) is 2.42. The Bertz CT molecular complexity index is 987. The average molecular weight is 436 g/mol. The van der Waals surface area contributed by atoms with Crippen LogP contribution in [0.4, 0.5) is 18.9 Å². The molecule has 2 aromatic rings. The lowest BCUT2D eigenvalue weighted by atomic mass is 10.1. The molecule has 31 heavy (non-hydrogen) atoms. The summed E-state index contributed by atoms with van der Waals surface area (Å²) < 4.78 is 42.6. The molecule has 1 unspecified atom stereocenters. The van der Waals surface area contributed by atoms with Crippen molar-refractivity contribution in [3.63, 3.8) is 0 Å². The number of carbonyl (C=O) groups is 4. The molecular weight excluding hydrogens is 417 g/mol. The van der Waals surface area contributed by atoms with Crippen molar-refractivity contribution < 1.29 is 37.1 Å². The van der Waals surface area contributed by atoms with Crippen LogP contribution in [0.25, 0.3) is 0 Å². The van der Waals surface area contributed by atoms with E-state index >= 15 is 0 Å². The van der Waals surface area contributed by atoms with Crippen molar-refractivity contribution in [3.05, 3.63) is 65.2 Å². The van der Waals surface area contributed by atoms with Gasteiger partial charge in [-0.1, -0.05) is 12.1 Å². The van der Waals surface area contributed by atoms with E-state index in [1.165, 1.54) is 19.9 Å². The Morgan fingerprint density at radius 1 is 1.00 bits per heavy atom. The third kappa shape index (κ3) is 6.95. The number of anilines is 1. The maximum absolute atomic E-state index is 12.5. The van der Waals surface area contributed by atoms with Crippen LogP contribution in [0, 0.1) is 0 Å². The highest BCUT2D eigenvalue weighted by Gasteiger charge is 2.30. The summed E-state index contributed by atoms with van der Waals surface area (Å²) in [7, 11) is 0. The normalized spacial score (nSPS) is 11.9. The zero-order chi connectivity index (χ0) is 23.2. The quantitative estimate of drug-likeness (QED) is 0.513. The van der Waals surface area contributed by atoms with Gasteiger partial charge in [-0.3, -0.25) is 19.2 Å². The maximum atomic E-state index is 12.5. The van der Waals surface area contributed by atoms with E-state index in [1.807, 2.05) is 0 Å². The summed E-state index contributed by atoms with van der Waals surface area (Å²) in [5, 5.41) is 4.71. The van der Waals surface area contributed by atoms with E-state index in [2.05, 4.69) is 10.6 Å². The number of rotatable bonds is 7. The molecule has 2 rings (SSSR count). The number of halogens is 3. The van der Waals surface area contributed by atoms with Gasteiger partial charge in [-0.2, -0.15) is 13.2 Å². The molecule has 7 nitrogen and oxygen atoms in total. The van der Waals surface area contributed by atoms with Gasteiger partial charge in [0.2, 0.25) is 0 Å². The Morgan fingerprint density at radius 2 is 1.65 bits per heavy atom. The number of benzene rings is 2. The van der Waals surface area contributed by atoms with Gasteiger partial charge in [0, 0.05) is 16.8 Å². The van der Waals surface area contributed by atoms with Crippen molar-refractivity contribution in [3.8, 4) is 0 Å². The van der Waals surface area contributed by atoms with E-state index in [1.54, 1.807) is 18.2 Å². The Morgan fingerprint density at radius 3 is 2.23 bits per heavy atom. The molecule has 0 saturated heterocycles. The molecule has 0 fully saturated rings. The predicted octanol–water partition coefficient (Wildman–Crippen LogP) is 3.21. The molecule has 1 atom stereocenters. The molecule has 0 aromatic heterocycles.